The molecule has 0 saturated carbocycles. The van der Waals surface area contributed by atoms with Crippen molar-refractivity contribution < 1.29 is 9.59 Å². The van der Waals surface area contributed by atoms with Crippen LogP contribution < -0.4 is 0 Å². The van der Waals surface area contributed by atoms with E-state index in [-0.39, 0.29) is 11.6 Å². The van der Waals surface area contributed by atoms with Gasteiger partial charge in [0.25, 0.3) is 0 Å². The first-order chi connectivity index (χ1) is 15.7. The topological polar surface area (TPSA) is 34.1 Å². The fourth-order valence-electron chi connectivity index (χ4n) is 4.78. The van der Waals surface area contributed by atoms with Crippen molar-refractivity contribution >= 4 is 22.3 Å². The maximum Gasteiger partial charge on any atom is 0.194 e. The zero-order chi connectivity index (χ0) is 21.7. The molecule has 0 heterocycles. The molecular formula is C30H18O2. The van der Waals surface area contributed by atoms with E-state index in [0.29, 0.717) is 22.3 Å². The minimum Gasteiger partial charge on any atom is -0.289 e. The third-order valence-electron chi connectivity index (χ3n) is 6.20. The van der Waals surface area contributed by atoms with Crippen LogP contribution in [-0.2, 0) is 0 Å². The van der Waals surface area contributed by atoms with Crippen molar-refractivity contribution in [3.05, 3.63) is 131 Å². The summed E-state index contributed by atoms with van der Waals surface area (Å²) in [7, 11) is 0. The van der Waals surface area contributed by atoms with Crippen molar-refractivity contribution in [1.29, 1.82) is 0 Å². The molecule has 0 amide bonds. The van der Waals surface area contributed by atoms with Gasteiger partial charge in [-0.15, -0.1) is 0 Å². The molecule has 0 N–H and O–H groups in total. The molecule has 5 aromatic carbocycles. The Bertz CT molecular complexity index is 1530. The molecule has 0 fully saturated rings. The molecule has 32 heavy (non-hydrogen) atoms. The molecular weight excluding hydrogens is 392 g/mol. The monoisotopic (exact) mass is 410 g/mol. The molecule has 2 heteroatoms. The quantitative estimate of drug-likeness (QED) is 0.295. The summed E-state index contributed by atoms with van der Waals surface area (Å²) in [5.41, 5.74) is 6.14. The van der Waals surface area contributed by atoms with Gasteiger partial charge in [0.2, 0.25) is 0 Å². The maximum absolute atomic E-state index is 13.9. The highest BCUT2D eigenvalue weighted by Crippen LogP contribution is 2.50. The third-order valence-corrected chi connectivity index (χ3v) is 6.20. The van der Waals surface area contributed by atoms with Crippen LogP contribution in [0.2, 0.25) is 0 Å². The molecule has 0 radical (unpaired) electrons. The van der Waals surface area contributed by atoms with Crippen LogP contribution in [0.5, 0.6) is 0 Å². The van der Waals surface area contributed by atoms with Crippen LogP contribution in [-0.4, -0.2) is 11.6 Å². The normalized spacial score (nSPS) is 11.4. The Morgan fingerprint density at radius 3 is 1.75 bits per heavy atom. The number of benzene rings is 5. The van der Waals surface area contributed by atoms with Crippen LogP contribution in [0, 0.1) is 0 Å². The van der Waals surface area contributed by atoms with Gasteiger partial charge in [0, 0.05) is 27.8 Å². The first kappa shape index (κ1) is 18.5. The summed E-state index contributed by atoms with van der Waals surface area (Å²) < 4.78 is 0. The Morgan fingerprint density at radius 1 is 0.500 bits per heavy atom. The molecule has 0 atom stereocenters. The number of ketones is 2. The van der Waals surface area contributed by atoms with Gasteiger partial charge in [-0.2, -0.15) is 0 Å². The summed E-state index contributed by atoms with van der Waals surface area (Å²) in [6.45, 7) is 0. The minimum absolute atomic E-state index is 0.131. The summed E-state index contributed by atoms with van der Waals surface area (Å²) >= 11 is 0. The highest BCUT2D eigenvalue weighted by atomic mass is 16.1. The van der Waals surface area contributed by atoms with E-state index in [1.807, 2.05) is 84.9 Å². The molecule has 6 rings (SSSR count). The van der Waals surface area contributed by atoms with E-state index in [1.54, 1.807) is 12.1 Å². The van der Waals surface area contributed by atoms with Gasteiger partial charge in [-0.3, -0.25) is 9.59 Å². The highest BCUT2D eigenvalue weighted by molar-refractivity contribution is 6.29. The minimum atomic E-state index is -0.141. The molecule has 0 spiro atoms. The summed E-state index contributed by atoms with van der Waals surface area (Å²) in [5.74, 6) is -0.272. The number of rotatable bonds is 4. The van der Waals surface area contributed by atoms with Crippen LogP contribution >= 0.6 is 0 Å². The predicted octanol–water partition coefficient (Wildman–Crippen LogP) is 6.95. The Hall–Kier alpha value is -4.30. The second-order valence-electron chi connectivity index (χ2n) is 8.01. The zero-order valence-corrected chi connectivity index (χ0v) is 17.2. The Morgan fingerprint density at radius 2 is 1.06 bits per heavy atom. The zero-order valence-electron chi connectivity index (χ0n) is 17.2. The summed E-state index contributed by atoms with van der Waals surface area (Å²) in [4.78, 5) is 27.6. The number of hydrogen-bond acceptors (Lipinski definition) is 2. The largest absolute Gasteiger partial charge is 0.289 e. The molecule has 0 aliphatic heterocycles. The third kappa shape index (κ3) is 2.67. The molecule has 1 aliphatic carbocycles. The van der Waals surface area contributed by atoms with Gasteiger partial charge < -0.3 is 0 Å². The Balaban J connectivity index is 1.74. The van der Waals surface area contributed by atoms with Crippen LogP contribution in [0.3, 0.4) is 0 Å². The molecule has 0 unspecified atom stereocenters. The molecule has 1 aliphatic rings. The lowest BCUT2D eigenvalue weighted by Crippen LogP contribution is -2.13. The molecule has 0 bridgehead atoms. The second kappa shape index (κ2) is 7.14. The van der Waals surface area contributed by atoms with E-state index in [4.69, 9.17) is 0 Å². The van der Waals surface area contributed by atoms with E-state index in [9.17, 15) is 9.59 Å². The van der Waals surface area contributed by atoms with Crippen molar-refractivity contribution in [2.75, 3.05) is 0 Å². The van der Waals surface area contributed by atoms with Crippen molar-refractivity contribution in [3.63, 3.8) is 0 Å². The molecule has 2 nitrogen and oxygen atoms in total. The van der Waals surface area contributed by atoms with Gasteiger partial charge >= 0.3 is 0 Å². The summed E-state index contributed by atoms with van der Waals surface area (Å²) in [5, 5.41) is 2.01. The fraction of sp³-hybridized carbons (Fsp3) is 0. The van der Waals surface area contributed by atoms with Crippen LogP contribution in [0.25, 0.3) is 33.0 Å². The van der Waals surface area contributed by atoms with Crippen molar-refractivity contribution in [3.8, 4) is 22.3 Å². The molecule has 0 aromatic heterocycles. The SMILES string of the molecule is O=C(c1ccccc1)c1cc2cccc3c2c(c1C(=O)c1ccccc1)-c1ccccc1-3. The smallest absolute Gasteiger partial charge is 0.194 e. The van der Waals surface area contributed by atoms with Crippen molar-refractivity contribution in [1.82, 2.24) is 0 Å². The van der Waals surface area contributed by atoms with Gasteiger partial charge in [0.15, 0.2) is 11.6 Å². The van der Waals surface area contributed by atoms with Crippen molar-refractivity contribution in [2.45, 2.75) is 0 Å². The van der Waals surface area contributed by atoms with Crippen LogP contribution in [0.4, 0.5) is 0 Å². The maximum atomic E-state index is 13.9. The van der Waals surface area contributed by atoms with E-state index >= 15 is 0 Å². The predicted molar refractivity (Wildman–Crippen MR) is 128 cm³/mol. The second-order valence-corrected chi connectivity index (χ2v) is 8.01. The first-order valence-corrected chi connectivity index (χ1v) is 10.6. The lowest BCUT2D eigenvalue weighted by molar-refractivity contribution is 0.100. The number of fused-ring (bicyclic) bond motifs is 3. The average Bonchev–Trinajstić information content (AvgIpc) is 3.20. The van der Waals surface area contributed by atoms with E-state index in [1.165, 1.54) is 0 Å². The Labute approximate surface area is 185 Å². The molecule has 150 valence electrons. The van der Waals surface area contributed by atoms with E-state index < -0.39 is 0 Å². The number of carbonyl (C=O) groups is 2. The van der Waals surface area contributed by atoms with Crippen LogP contribution in [0.15, 0.2) is 109 Å². The van der Waals surface area contributed by atoms with Gasteiger partial charge in [0.05, 0.1) is 0 Å². The Kier molecular flexibility index (Phi) is 4.12. The standard InChI is InChI=1S/C30H18O2/c31-29(19-10-3-1-4-11-19)25-18-21-14-9-17-23-22-15-7-8-16-24(22)27(26(21)23)28(25)30(32)20-12-5-2-6-13-20/h1-18H. The lowest BCUT2D eigenvalue weighted by Gasteiger charge is -2.15. The van der Waals surface area contributed by atoms with Gasteiger partial charge in [-0.25, -0.2) is 0 Å². The first-order valence-electron chi connectivity index (χ1n) is 10.6. The van der Waals surface area contributed by atoms with Crippen LogP contribution in [0.1, 0.15) is 31.8 Å². The number of hydrogen-bond donors (Lipinski definition) is 0. The summed E-state index contributed by atoms with van der Waals surface area (Å²) in [6, 6.07) is 34.5. The fourth-order valence-corrected chi connectivity index (χ4v) is 4.78. The average molecular weight is 410 g/mol. The highest BCUT2D eigenvalue weighted by Gasteiger charge is 2.31. The lowest BCUT2D eigenvalue weighted by atomic mass is 9.85. The van der Waals surface area contributed by atoms with E-state index in [0.717, 1.165) is 33.0 Å². The van der Waals surface area contributed by atoms with Gasteiger partial charge in [-0.05, 0) is 33.5 Å². The number of carbonyl (C=O) groups excluding carboxylic acids is 2. The molecule has 5 aromatic rings. The van der Waals surface area contributed by atoms with Gasteiger partial charge in [-0.1, -0.05) is 103 Å². The van der Waals surface area contributed by atoms with Crippen molar-refractivity contribution in [2.24, 2.45) is 0 Å². The van der Waals surface area contributed by atoms with Gasteiger partial charge in [0.1, 0.15) is 0 Å². The molecule has 0 saturated heterocycles. The summed E-state index contributed by atoms with van der Waals surface area (Å²) in [6.07, 6.45) is 0. The van der Waals surface area contributed by atoms with E-state index in [2.05, 4.69) is 12.1 Å².